The van der Waals surface area contributed by atoms with Gasteiger partial charge in [-0.25, -0.2) is 14.4 Å². The van der Waals surface area contributed by atoms with E-state index in [2.05, 4.69) is 40.7 Å². The molecule has 48 heavy (non-hydrogen) atoms. The number of nitrogens with zero attached hydrogens (tertiary/aromatic N) is 2. The van der Waals surface area contributed by atoms with Crippen molar-refractivity contribution in [2.24, 2.45) is 0 Å². The van der Waals surface area contributed by atoms with E-state index in [0.717, 1.165) is 29.4 Å². The molecule has 1 aliphatic rings. The molecule has 0 bridgehead atoms. The molecule has 2 heterocycles. The van der Waals surface area contributed by atoms with Crippen LogP contribution in [0.4, 0.5) is 10.5 Å². The van der Waals surface area contributed by atoms with E-state index in [1.165, 1.54) is 10.5 Å². The van der Waals surface area contributed by atoms with Crippen LogP contribution in [0.5, 0.6) is 0 Å². The second-order valence-corrected chi connectivity index (χ2v) is 10.9. The van der Waals surface area contributed by atoms with Crippen molar-refractivity contribution in [3.8, 4) is 0 Å². The van der Waals surface area contributed by atoms with Crippen LogP contribution in [0.1, 0.15) is 27.0 Å². The number of carboxylic acids is 2. The molecule has 9 N–H and O–H groups in total. The Bertz CT molecular complexity index is 1750. The summed E-state index contributed by atoms with van der Waals surface area (Å²) in [6.45, 7) is 1.04. The Labute approximate surface area is 276 Å². The lowest BCUT2D eigenvalue weighted by molar-refractivity contribution is -0.134. The monoisotopic (exact) mass is 661 g/mol. The van der Waals surface area contributed by atoms with Gasteiger partial charge in [0.15, 0.2) is 0 Å². The largest absolute Gasteiger partial charge is 0.478 e. The van der Waals surface area contributed by atoms with Gasteiger partial charge in [0.2, 0.25) is 0 Å². The first-order valence-electron chi connectivity index (χ1n) is 14.4. The summed E-state index contributed by atoms with van der Waals surface area (Å²) in [5.74, 6) is -3.03. The molecule has 5 rings (SSSR count). The number of H-pyrrole nitrogens is 1. The number of likely N-dealkylation sites (N-methyl/N-ethyl adjacent to an activating group) is 1. The number of carbonyl (C=O) groups excluding carboxylic acids is 3. The molecule has 254 valence electrons. The Kier molecular flexibility index (Phi) is 14.2. The van der Waals surface area contributed by atoms with Crippen LogP contribution in [0.15, 0.2) is 91.1 Å². The Hall–Kier alpha value is -5.83. The fourth-order valence-corrected chi connectivity index (χ4v) is 4.86. The summed E-state index contributed by atoms with van der Waals surface area (Å²) in [6, 6.07) is 21.2. The number of aliphatic carboxylic acids is 2. The quantitative estimate of drug-likeness (QED) is 0.118. The van der Waals surface area contributed by atoms with E-state index >= 15 is 0 Å². The normalized spacial score (nSPS) is 13.7. The fraction of sp³-hybridized carbons (Fsp3) is 0.206. The zero-order chi connectivity index (χ0) is 33.2. The number of carbonyl (C=O) groups is 5. The molecule has 1 fully saturated rings. The molecule has 0 spiro atoms. The molecule has 1 atom stereocenters. The topological polar surface area (TPSA) is 235 Å². The smallest absolute Gasteiger partial charge is 0.328 e. The molecule has 0 saturated carbocycles. The lowest BCUT2D eigenvalue weighted by Gasteiger charge is -2.14. The maximum Gasteiger partial charge on any atom is 0.328 e. The number of hydrogen-bond acceptors (Lipinski definition) is 6. The number of rotatable bonds is 11. The molecule has 1 aliphatic heterocycles. The molecular weight excluding hydrogens is 622 g/mol. The summed E-state index contributed by atoms with van der Waals surface area (Å²) in [7, 11) is 4.10. The summed E-state index contributed by atoms with van der Waals surface area (Å²) < 4.78 is 0. The number of benzene rings is 3. The highest BCUT2D eigenvalue weighted by molar-refractivity contribution is 6.05. The Morgan fingerprint density at radius 1 is 0.896 bits per heavy atom. The minimum absolute atomic E-state index is 0. The summed E-state index contributed by atoms with van der Waals surface area (Å²) in [6.07, 6.45) is 4.49. The van der Waals surface area contributed by atoms with Gasteiger partial charge in [-0.3, -0.25) is 14.5 Å². The third kappa shape index (κ3) is 10.6. The Balaban J connectivity index is 0.000000715. The predicted molar refractivity (Wildman–Crippen MR) is 180 cm³/mol. The third-order valence-corrected chi connectivity index (χ3v) is 7.14. The zero-order valence-electron chi connectivity index (χ0n) is 26.4. The van der Waals surface area contributed by atoms with Crippen molar-refractivity contribution in [3.63, 3.8) is 0 Å². The van der Waals surface area contributed by atoms with Crippen molar-refractivity contribution in [2.75, 3.05) is 26.0 Å². The average Bonchev–Trinajstić information content (AvgIpc) is 3.55. The zero-order valence-corrected chi connectivity index (χ0v) is 26.4. The summed E-state index contributed by atoms with van der Waals surface area (Å²) in [5, 5.41) is 22.5. The highest BCUT2D eigenvalue weighted by Crippen LogP contribution is 2.23. The van der Waals surface area contributed by atoms with Gasteiger partial charge in [0.05, 0.1) is 6.54 Å². The molecule has 14 heteroatoms. The van der Waals surface area contributed by atoms with E-state index < -0.39 is 24.0 Å². The Morgan fingerprint density at radius 2 is 1.58 bits per heavy atom. The lowest BCUT2D eigenvalue weighted by Crippen LogP contribution is -2.32. The lowest BCUT2D eigenvalue weighted by atomic mass is 10.0. The first-order valence-corrected chi connectivity index (χ1v) is 14.4. The molecule has 0 radical (unpaired) electrons. The number of hydrogen-bond donors (Lipinski definition) is 5. The van der Waals surface area contributed by atoms with Crippen LogP contribution in [-0.4, -0.2) is 92.4 Å². The first kappa shape index (κ1) is 38.4. The standard InChI is InChI=1S/C30H31N5O3.C4H4O4.2H2O/c1-34(2)14-13-23-18-31-26-12-11-20(16-25(23)26)17-27-29(37)35(30(38)33-27)19-21-7-6-8-22(15-21)28(36)32-24-9-4-3-5-10-24;5-3(6)1-2-4(7)8;;/h3-12,15-16,18,27,31H,13-14,17,19H2,1-2H3,(H,32,36)(H,33,38);1-2H,(H,5,6)(H,7,8);2*1H2. The van der Waals surface area contributed by atoms with Crippen LogP contribution in [0.3, 0.4) is 0 Å². The van der Waals surface area contributed by atoms with Gasteiger partial charge >= 0.3 is 18.0 Å². The summed E-state index contributed by atoms with van der Waals surface area (Å²) >= 11 is 0. The first-order chi connectivity index (χ1) is 22.0. The van der Waals surface area contributed by atoms with Crippen LogP contribution in [0, 0.1) is 0 Å². The van der Waals surface area contributed by atoms with Crippen molar-refractivity contribution < 1.29 is 45.1 Å². The number of anilines is 1. The molecule has 4 amide bonds. The van der Waals surface area contributed by atoms with E-state index in [0.29, 0.717) is 35.4 Å². The van der Waals surface area contributed by atoms with Crippen LogP contribution in [-0.2, 0) is 33.8 Å². The fourth-order valence-electron chi connectivity index (χ4n) is 4.86. The number of fused-ring (bicyclic) bond motifs is 1. The second-order valence-electron chi connectivity index (χ2n) is 10.9. The van der Waals surface area contributed by atoms with Gasteiger partial charge in [-0.2, -0.15) is 0 Å². The van der Waals surface area contributed by atoms with Gasteiger partial charge in [0.1, 0.15) is 6.04 Å². The van der Waals surface area contributed by atoms with Gasteiger partial charge in [0.25, 0.3) is 11.8 Å². The van der Waals surface area contributed by atoms with Gasteiger partial charge in [0, 0.05) is 53.5 Å². The molecule has 3 aromatic carbocycles. The molecule has 1 saturated heterocycles. The number of carboxylic acid groups (broad SMARTS) is 2. The number of para-hydroxylation sites is 1. The van der Waals surface area contributed by atoms with Crippen molar-refractivity contribution in [1.29, 1.82) is 0 Å². The minimum Gasteiger partial charge on any atom is -0.478 e. The Morgan fingerprint density at radius 3 is 2.23 bits per heavy atom. The van der Waals surface area contributed by atoms with Crippen LogP contribution in [0.25, 0.3) is 10.9 Å². The summed E-state index contributed by atoms with van der Waals surface area (Å²) in [4.78, 5) is 64.4. The van der Waals surface area contributed by atoms with Gasteiger partial charge in [-0.1, -0.05) is 36.4 Å². The van der Waals surface area contributed by atoms with Crippen molar-refractivity contribution in [1.82, 2.24) is 20.1 Å². The number of aromatic nitrogens is 1. The molecule has 0 aliphatic carbocycles. The highest BCUT2D eigenvalue weighted by atomic mass is 16.4. The van der Waals surface area contributed by atoms with E-state index in [9.17, 15) is 24.0 Å². The molecular formula is C34H39N5O9. The maximum atomic E-state index is 13.2. The molecule has 1 aromatic heterocycles. The molecule has 1 unspecified atom stereocenters. The SMILES string of the molecule is CN(C)CCc1c[nH]c2ccc(CC3NC(=O)N(Cc4cccc(C(=O)Nc5ccccc5)c4)C3=O)cc12.O.O.O=C(O)C=CC(=O)O. The maximum absolute atomic E-state index is 13.2. The van der Waals surface area contributed by atoms with Gasteiger partial charge in [-0.15, -0.1) is 0 Å². The number of amides is 4. The van der Waals surface area contributed by atoms with Crippen LogP contribution in [0.2, 0.25) is 0 Å². The van der Waals surface area contributed by atoms with Crippen molar-refractivity contribution >= 4 is 46.4 Å². The van der Waals surface area contributed by atoms with E-state index in [1.807, 2.05) is 54.7 Å². The number of nitrogens with one attached hydrogen (secondary N) is 3. The van der Waals surface area contributed by atoms with E-state index in [1.54, 1.807) is 18.2 Å². The van der Waals surface area contributed by atoms with Gasteiger partial charge in [-0.05, 0) is 73.6 Å². The molecule has 4 aromatic rings. The number of urea groups is 1. The van der Waals surface area contributed by atoms with Gasteiger partial charge < -0.3 is 41.7 Å². The van der Waals surface area contributed by atoms with Crippen LogP contribution < -0.4 is 10.6 Å². The van der Waals surface area contributed by atoms with E-state index in [4.69, 9.17) is 10.2 Å². The summed E-state index contributed by atoms with van der Waals surface area (Å²) in [5.41, 5.74) is 5.14. The number of imide groups is 1. The predicted octanol–water partition coefficient (Wildman–Crippen LogP) is 2.25. The second kappa shape index (κ2) is 17.8. The van der Waals surface area contributed by atoms with Crippen LogP contribution >= 0.6 is 0 Å². The molecule has 14 nitrogen and oxygen atoms in total. The highest BCUT2D eigenvalue weighted by Gasteiger charge is 2.38. The number of aromatic amines is 1. The van der Waals surface area contributed by atoms with E-state index in [-0.39, 0.29) is 29.3 Å². The average molecular weight is 662 g/mol. The third-order valence-electron chi connectivity index (χ3n) is 7.14. The van der Waals surface area contributed by atoms with Crippen molar-refractivity contribution in [3.05, 3.63) is 113 Å². The van der Waals surface area contributed by atoms with Crippen molar-refractivity contribution in [2.45, 2.75) is 25.4 Å². The minimum atomic E-state index is -1.26.